The van der Waals surface area contributed by atoms with Gasteiger partial charge in [0.25, 0.3) is 0 Å². The zero-order valence-corrected chi connectivity index (χ0v) is 12.1. The number of likely N-dealkylation sites (N-methyl/N-ethyl adjacent to an activating group) is 1. The van der Waals surface area contributed by atoms with E-state index in [2.05, 4.69) is 43.3 Å². The van der Waals surface area contributed by atoms with Gasteiger partial charge in [-0.15, -0.1) is 11.3 Å². The zero-order chi connectivity index (χ0) is 12.9. The maximum absolute atomic E-state index is 5.92. The summed E-state index contributed by atoms with van der Waals surface area (Å²) in [6.45, 7) is 8.39. The first kappa shape index (κ1) is 14.6. The van der Waals surface area contributed by atoms with Gasteiger partial charge in [-0.3, -0.25) is 4.90 Å². The molecule has 0 aliphatic carbocycles. The quantitative estimate of drug-likeness (QED) is 0.814. The van der Waals surface area contributed by atoms with Gasteiger partial charge in [-0.2, -0.15) is 0 Å². The summed E-state index contributed by atoms with van der Waals surface area (Å²) >= 11 is 1.79. The lowest BCUT2D eigenvalue weighted by atomic mass is 9.99. The van der Waals surface area contributed by atoms with Crippen molar-refractivity contribution in [3.63, 3.8) is 0 Å². The van der Waals surface area contributed by atoms with Crippen molar-refractivity contribution in [2.24, 2.45) is 5.73 Å². The summed E-state index contributed by atoms with van der Waals surface area (Å²) in [5, 5.41) is 2.11. The van der Waals surface area contributed by atoms with E-state index in [1.54, 1.807) is 11.3 Å². The van der Waals surface area contributed by atoms with E-state index in [1.165, 1.54) is 4.88 Å². The molecule has 2 unspecified atom stereocenters. The van der Waals surface area contributed by atoms with Crippen LogP contribution in [0.4, 0.5) is 0 Å². The molecule has 0 aliphatic rings. The predicted molar refractivity (Wildman–Crippen MR) is 74.4 cm³/mol. The second-order valence-electron chi connectivity index (χ2n) is 4.64. The Morgan fingerprint density at radius 3 is 2.76 bits per heavy atom. The average molecular weight is 256 g/mol. The van der Waals surface area contributed by atoms with E-state index in [-0.39, 0.29) is 5.54 Å². The highest BCUT2D eigenvalue weighted by molar-refractivity contribution is 7.10. The summed E-state index contributed by atoms with van der Waals surface area (Å²) in [5.41, 5.74) is 5.81. The van der Waals surface area contributed by atoms with Crippen LogP contribution in [0.15, 0.2) is 17.5 Å². The van der Waals surface area contributed by atoms with Gasteiger partial charge >= 0.3 is 0 Å². The van der Waals surface area contributed by atoms with Gasteiger partial charge in [-0.1, -0.05) is 6.07 Å². The molecule has 0 amide bonds. The summed E-state index contributed by atoms with van der Waals surface area (Å²) in [7, 11) is 2.12. The summed E-state index contributed by atoms with van der Waals surface area (Å²) in [6.07, 6.45) is 0. The first-order valence-electron chi connectivity index (χ1n) is 6.09. The third-order valence-corrected chi connectivity index (χ3v) is 4.49. The zero-order valence-electron chi connectivity index (χ0n) is 11.3. The van der Waals surface area contributed by atoms with Crippen molar-refractivity contribution in [2.45, 2.75) is 32.4 Å². The monoisotopic (exact) mass is 256 g/mol. The number of nitrogens with two attached hydrogens (primary N) is 1. The van der Waals surface area contributed by atoms with E-state index in [4.69, 9.17) is 10.5 Å². The SMILES string of the molecule is CCOCC(C)(CN)N(C)C(C)c1cccs1. The van der Waals surface area contributed by atoms with Crippen LogP contribution in [0.5, 0.6) is 0 Å². The van der Waals surface area contributed by atoms with Gasteiger partial charge in [0.15, 0.2) is 0 Å². The number of ether oxygens (including phenoxy) is 1. The smallest absolute Gasteiger partial charge is 0.0660 e. The Kier molecular flexibility index (Phi) is 5.59. The second-order valence-corrected chi connectivity index (χ2v) is 5.62. The fourth-order valence-corrected chi connectivity index (χ4v) is 2.64. The summed E-state index contributed by atoms with van der Waals surface area (Å²) in [6, 6.07) is 4.62. The highest BCUT2D eigenvalue weighted by atomic mass is 32.1. The fraction of sp³-hybridized carbons (Fsp3) is 0.692. The minimum atomic E-state index is -0.112. The van der Waals surface area contributed by atoms with Crippen LogP contribution < -0.4 is 5.73 Å². The highest BCUT2D eigenvalue weighted by Gasteiger charge is 2.32. The van der Waals surface area contributed by atoms with Gasteiger partial charge in [0.05, 0.1) is 12.1 Å². The van der Waals surface area contributed by atoms with E-state index in [9.17, 15) is 0 Å². The molecule has 2 atom stereocenters. The molecule has 17 heavy (non-hydrogen) atoms. The van der Waals surface area contributed by atoms with E-state index in [1.807, 2.05) is 6.92 Å². The molecule has 0 radical (unpaired) electrons. The van der Waals surface area contributed by atoms with Crippen LogP contribution in [0.25, 0.3) is 0 Å². The number of rotatable bonds is 7. The standard InChI is InChI=1S/C13H24N2OS/c1-5-16-10-13(3,9-14)15(4)11(2)12-7-6-8-17-12/h6-8,11H,5,9-10,14H2,1-4H3. The van der Waals surface area contributed by atoms with Crippen molar-refractivity contribution in [1.82, 2.24) is 4.90 Å². The molecule has 0 saturated heterocycles. The van der Waals surface area contributed by atoms with Gasteiger partial charge in [0.1, 0.15) is 0 Å². The molecular weight excluding hydrogens is 232 g/mol. The summed E-state index contributed by atoms with van der Waals surface area (Å²) in [5.74, 6) is 0. The molecule has 1 rings (SSSR count). The van der Waals surface area contributed by atoms with Crippen molar-refractivity contribution in [3.05, 3.63) is 22.4 Å². The van der Waals surface area contributed by atoms with Gasteiger partial charge in [-0.05, 0) is 39.3 Å². The van der Waals surface area contributed by atoms with Crippen molar-refractivity contribution in [2.75, 3.05) is 26.8 Å². The third-order valence-electron chi connectivity index (χ3n) is 3.44. The predicted octanol–water partition coefficient (Wildman–Crippen LogP) is 2.49. The maximum Gasteiger partial charge on any atom is 0.0660 e. The van der Waals surface area contributed by atoms with Crippen LogP contribution in [-0.4, -0.2) is 37.2 Å². The highest BCUT2D eigenvalue weighted by Crippen LogP contribution is 2.29. The molecule has 0 fully saturated rings. The molecule has 0 bridgehead atoms. The first-order chi connectivity index (χ1) is 8.05. The molecule has 98 valence electrons. The lowest BCUT2D eigenvalue weighted by Crippen LogP contribution is -2.53. The molecule has 1 aromatic heterocycles. The number of hydrogen-bond acceptors (Lipinski definition) is 4. The third kappa shape index (κ3) is 3.52. The molecule has 4 heteroatoms. The molecule has 3 nitrogen and oxygen atoms in total. The lowest BCUT2D eigenvalue weighted by Gasteiger charge is -2.41. The van der Waals surface area contributed by atoms with Crippen molar-refractivity contribution >= 4 is 11.3 Å². The minimum Gasteiger partial charge on any atom is -0.380 e. The van der Waals surface area contributed by atoms with E-state index >= 15 is 0 Å². The van der Waals surface area contributed by atoms with Crippen LogP contribution in [-0.2, 0) is 4.74 Å². The molecule has 0 saturated carbocycles. The number of thiophene rings is 1. The molecule has 0 aliphatic heterocycles. The van der Waals surface area contributed by atoms with Crippen molar-refractivity contribution in [3.8, 4) is 0 Å². The van der Waals surface area contributed by atoms with Gasteiger partial charge in [-0.25, -0.2) is 0 Å². The summed E-state index contributed by atoms with van der Waals surface area (Å²) < 4.78 is 5.56. The Morgan fingerprint density at radius 2 is 2.29 bits per heavy atom. The molecule has 0 aromatic carbocycles. The number of nitrogens with zero attached hydrogens (tertiary/aromatic N) is 1. The Morgan fingerprint density at radius 1 is 1.59 bits per heavy atom. The van der Waals surface area contributed by atoms with Crippen LogP contribution in [0.1, 0.15) is 31.7 Å². The van der Waals surface area contributed by atoms with E-state index in [0.717, 1.165) is 6.61 Å². The molecule has 2 N–H and O–H groups in total. The minimum absolute atomic E-state index is 0.112. The van der Waals surface area contributed by atoms with Gasteiger partial charge in [0, 0.05) is 24.1 Å². The topological polar surface area (TPSA) is 38.5 Å². The van der Waals surface area contributed by atoms with Crippen molar-refractivity contribution in [1.29, 1.82) is 0 Å². The Hall–Kier alpha value is -0.420. The Bertz CT molecular complexity index is 315. The number of hydrogen-bond donors (Lipinski definition) is 1. The van der Waals surface area contributed by atoms with E-state index in [0.29, 0.717) is 19.2 Å². The van der Waals surface area contributed by atoms with Crippen LogP contribution in [0.3, 0.4) is 0 Å². The van der Waals surface area contributed by atoms with Crippen LogP contribution in [0.2, 0.25) is 0 Å². The first-order valence-corrected chi connectivity index (χ1v) is 6.97. The molecule has 1 aromatic rings. The van der Waals surface area contributed by atoms with E-state index < -0.39 is 0 Å². The largest absolute Gasteiger partial charge is 0.380 e. The fourth-order valence-electron chi connectivity index (χ4n) is 1.81. The second kappa shape index (κ2) is 6.50. The van der Waals surface area contributed by atoms with Gasteiger partial charge < -0.3 is 10.5 Å². The molecule has 0 spiro atoms. The Labute approximate surface area is 109 Å². The normalized spacial score (nSPS) is 17.1. The summed E-state index contributed by atoms with van der Waals surface area (Å²) in [4.78, 5) is 3.68. The average Bonchev–Trinajstić information content (AvgIpc) is 2.87. The maximum atomic E-state index is 5.92. The molecular formula is C13H24N2OS. The van der Waals surface area contributed by atoms with Gasteiger partial charge in [0.2, 0.25) is 0 Å². The lowest BCUT2D eigenvalue weighted by molar-refractivity contribution is 0.00612. The Balaban J connectivity index is 2.74. The van der Waals surface area contributed by atoms with Crippen LogP contribution >= 0.6 is 11.3 Å². The van der Waals surface area contributed by atoms with Crippen LogP contribution in [0, 0.1) is 0 Å². The molecule has 1 heterocycles. The van der Waals surface area contributed by atoms with Crippen molar-refractivity contribution < 1.29 is 4.74 Å².